The van der Waals surface area contributed by atoms with Gasteiger partial charge in [-0.1, -0.05) is 50.5 Å². The third-order valence-corrected chi connectivity index (χ3v) is 1.86. The highest BCUT2D eigenvalue weighted by molar-refractivity contribution is 4.98. The maximum absolute atomic E-state index is 3.85. The van der Waals surface area contributed by atoms with E-state index in [9.17, 15) is 0 Å². The lowest BCUT2D eigenvalue weighted by Gasteiger charge is -1.94. The number of hydrogen-bond acceptors (Lipinski definition) is 0. The van der Waals surface area contributed by atoms with Crippen molar-refractivity contribution in [3.8, 4) is 0 Å². The lowest BCUT2D eigenvalue weighted by Crippen LogP contribution is -1.74. The predicted octanol–water partition coefficient (Wildman–Crippen LogP) is 4.48. The van der Waals surface area contributed by atoms with Crippen molar-refractivity contribution < 1.29 is 0 Å². The summed E-state index contributed by atoms with van der Waals surface area (Å²) in [5.41, 5.74) is 1.25. The van der Waals surface area contributed by atoms with Gasteiger partial charge in [0.05, 0.1) is 0 Å². The van der Waals surface area contributed by atoms with Crippen LogP contribution in [0.4, 0.5) is 0 Å². The fourth-order valence-corrected chi connectivity index (χ4v) is 1.09. The number of hydrogen-bond donors (Lipinski definition) is 0. The molecule has 0 rings (SSSR count). The Bertz CT molecular complexity index is 131. The van der Waals surface area contributed by atoms with E-state index >= 15 is 0 Å². The molecule has 0 aliphatic rings. The van der Waals surface area contributed by atoms with Gasteiger partial charge in [-0.15, -0.1) is 0 Å². The van der Waals surface area contributed by atoms with E-state index in [4.69, 9.17) is 0 Å². The maximum Gasteiger partial charge on any atom is -0.0144 e. The zero-order valence-corrected chi connectivity index (χ0v) is 8.60. The van der Waals surface area contributed by atoms with Crippen LogP contribution in [0.2, 0.25) is 0 Å². The van der Waals surface area contributed by atoms with Crippen molar-refractivity contribution in [2.75, 3.05) is 0 Å². The molecule has 0 aromatic heterocycles. The molecule has 0 saturated carbocycles. The molecule has 70 valence electrons. The Kier molecular flexibility index (Phi) is 8.20. The minimum absolute atomic E-state index is 1.05. The molecule has 0 aromatic carbocycles. The van der Waals surface area contributed by atoms with Gasteiger partial charge < -0.3 is 0 Å². The second kappa shape index (κ2) is 8.58. The summed E-state index contributed by atoms with van der Waals surface area (Å²) >= 11 is 0. The second-order valence-corrected chi connectivity index (χ2v) is 3.48. The summed E-state index contributed by atoms with van der Waals surface area (Å²) in [6.07, 6.45) is 12.2. The van der Waals surface area contributed by atoms with Crippen LogP contribution in [-0.4, -0.2) is 0 Å². The van der Waals surface area contributed by atoms with Gasteiger partial charge in [0.1, 0.15) is 0 Å². The molecule has 12 heavy (non-hydrogen) atoms. The van der Waals surface area contributed by atoms with Gasteiger partial charge in [0.15, 0.2) is 0 Å². The molecule has 0 bridgehead atoms. The van der Waals surface area contributed by atoms with E-state index in [0.717, 1.165) is 6.42 Å². The third-order valence-electron chi connectivity index (χ3n) is 1.86. The molecule has 0 N–H and O–H groups in total. The van der Waals surface area contributed by atoms with E-state index in [1.54, 1.807) is 0 Å². The first-order valence-corrected chi connectivity index (χ1v) is 5.06. The Balaban J connectivity index is 3.08. The van der Waals surface area contributed by atoms with Crippen LogP contribution in [0.15, 0.2) is 24.3 Å². The first-order chi connectivity index (χ1) is 5.77. The van der Waals surface area contributed by atoms with Gasteiger partial charge in [0.2, 0.25) is 0 Å². The van der Waals surface area contributed by atoms with Gasteiger partial charge in [-0.25, -0.2) is 0 Å². The molecule has 0 aliphatic heterocycles. The normalized spacial score (nSPS) is 10.8. The highest BCUT2D eigenvalue weighted by Gasteiger charge is 1.84. The lowest BCUT2D eigenvalue weighted by molar-refractivity contribution is 0.674. The fraction of sp³-hybridized carbons (Fsp3) is 0.667. The predicted molar refractivity (Wildman–Crippen MR) is 57.3 cm³/mol. The molecule has 0 aliphatic carbocycles. The summed E-state index contributed by atoms with van der Waals surface area (Å²) in [6.45, 7) is 8.17. The van der Waals surface area contributed by atoms with Crippen molar-refractivity contribution in [2.45, 2.75) is 52.4 Å². The summed E-state index contributed by atoms with van der Waals surface area (Å²) < 4.78 is 0. The zero-order chi connectivity index (χ0) is 9.23. The van der Waals surface area contributed by atoms with Gasteiger partial charge in [-0.05, 0) is 26.2 Å². The van der Waals surface area contributed by atoms with E-state index in [1.165, 1.54) is 37.7 Å². The van der Waals surface area contributed by atoms with Crippen molar-refractivity contribution in [3.63, 3.8) is 0 Å². The monoisotopic (exact) mass is 166 g/mol. The number of rotatable bonds is 7. The van der Waals surface area contributed by atoms with Crippen LogP contribution < -0.4 is 0 Å². The molecule has 0 saturated heterocycles. The quantitative estimate of drug-likeness (QED) is 0.386. The average Bonchev–Trinajstić information content (AvgIpc) is 2.02. The van der Waals surface area contributed by atoms with Gasteiger partial charge in [0.25, 0.3) is 0 Å². The molecule has 0 heterocycles. The molecule has 0 nitrogen and oxygen atoms in total. The summed E-state index contributed by atoms with van der Waals surface area (Å²) in [4.78, 5) is 0. The van der Waals surface area contributed by atoms with Crippen LogP contribution in [0.3, 0.4) is 0 Å². The summed E-state index contributed by atoms with van der Waals surface area (Å²) in [5, 5.41) is 0. The highest BCUT2D eigenvalue weighted by atomic mass is 13.9. The van der Waals surface area contributed by atoms with Crippen LogP contribution in [0.25, 0.3) is 0 Å². The smallest absolute Gasteiger partial charge is 0.0144 e. The molecule has 0 spiro atoms. The molecular weight excluding hydrogens is 144 g/mol. The van der Waals surface area contributed by atoms with Crippen LogP contribution in [0.5, 0.6) is 0 Å². The fourth-order valence-electron chi connectivity index (χ4n) is 1.09. The Morgan fingerprint density at radius 3 is 2.50 bits per heavy atom. The van der Waals surface area contributed by atoms with Gasteiger partial charge in [-0.3, -0.25) is 0 Å². The topological polar surface area (TPSA) is 0 Å². The molecule has 0 fully saturated rings. The van der Waals surface area contributed by atoms with Crippen molar-refractivity contribution in [1.29, 1.82) is 0 Å². The molecule has 0 heteroatoms. The van der Waals surface area contributed by atoms with E-state index in [-0.39, 0.29) is 0 Å². The van der Waals surface area contributed by atoms with Crippen molar-refractivity contribution in [1.82, 2.24) is 0 Å². The molecule has 0 amide bonds. The van der Waals surface area contributed by atoms with Crippen molar-refractivity contribution in [3.05, 3.63) is 24.3 Å². The summed E-state index contributed by atoms with van der Waals surface area (Å²) in [5.74, 6) is 0. The second-order valence-electron chi connectivity index (χ2n) is 3.48. The number of unbranched alkanes of at least 4 members (excludes halogenated alkanes) is 4. The standard InChI is InChI=1S/C12H22/c1-4-5-6-7-8-9-10-11-12(2)3/h9-10H,2,4-8,11H2,1,3H3. The molecule has 0 aromatic rings. The molecular formula is C12H22. The first kappa shape index (κ1) is 11.5. The number of allylic oxidation sites excluding steroid dienone is 3. The molecule has 0 atom stereocenters. The SMILES string of the molecule is C=C(C)CC=CCCCCCC. The van der Waals surface area contributed by atoms with E-state index in [2.05, 4.69) is 32.6 Å². The van der Waals surface area contributed by atoms with Crippen molar-refractivity contribution >= 4 is 0 Å². The average molecular weight is 166 g/mol. The summed E-state index contributed by atoms with van der Waals surface area (Å²) in [7, 11) is 0. The zero-order valence-electron chi connectivity index (χ0n) is 8.60. The minimum Gasteiger partial charge on any atom is -0.0998 e. The Morgan fingerprint density at radius 1 is 1.17 bits per heavy atom. The minimum atomic E-state index is 1.05. The maximum atomic E-state index is 3.85. The van der Waals surface area contributed by atoms with Crippen LogP contribution in [0, 0.1) is 0 Å². The van der Waals surface area contributed by atoms with E-state index in [0.29, 0.717) is 0 Å². The Morgan fingerprint density at radius 2 is 1.92 bits per heavy atom. The van der Waals surface area contributed by atoms with Crippen molar-refractivity contribution in [2.24, 2.45) is 0 Å². The van der Waals surface area contributed by atoms with Crippen LogP contribution in [0.1, 0.15) is 52.4 Å². The van der Waals surface area contributed by atoms with Crippen LogP contribution >= 0.6 is 0 Å². The highest BCUT2D eigenvalue weighted by Crippen LogP contribution is 2.04. The van der Waals surface area contributed by atoms with Gasteiger partial charge in [0, 0.05) is 0 Å². The Labute approximate surface area is 77.4 Å². The Hall–Kier alpha value is -0.520. The summed E-state index contributed by atoms with van der Waals surface area (Å²) in [6, 6.07) is 0. The largest absolute Gasteiger partial charge is 0.0998 e. The van der Waals surface area contributed by atoms with Crippen LogP contribution in [-0.2, 0) is 0 Å². The first-order valence-electron chi connectivity index (χ1n) is 5.06. The van der Waals surface area contributed by atoms with E-state index in [1.807, 2.05) is 0 Å². The van der Waals surface area contributed by atoms with Gasteiger partial charge in [-0.2, -0.15) is 0 Å². The third kappa shape index (κ3) is 9.48. The van der Waals surface area contributed by atoms with Gasteiger partial charge >= 0.3 is 0 Å². The molecule has 0 unspecified atom stereocenters. The molecule has 0 radical (unpaired) electrons. The van der Waals surface area contributed by atoms with E-state index < -0.39 is 0 Å². The lowest BCUT2D eigenvalue weighted by atomic mass is 10.1.